The van der Waals surface area contributed by atoms with E-state index in [0.29, 0.717) is 0 Å². The highest BCUT2D eigenvalue weighted by Gasteiger charge is 2.37. The van der Waals surface area contributed by atoms with Gasteiger partial charge < -0.3 is 0 Å². The molecule has 0 radical (unpaired) electrons. The number of fused-ring (bicyclic) bond motifs is 1. The maximum absolute atomic E-state index is 2.58. The zero-order chi connectivity index (χ0) is 6.97. The van der Waals surface area contributed by atoms with Gasteiger partial charge in [0.1, 0.15) is 6.54 Å². The minimum Gasteiger partial charge on any atom is -0.215 e. The van der Waals surface area contributed by atoms with Gasteiger partial charge in [-0.25, -0.2) is 4.58 Å². The van der Waals surface area contributed by atoms with Crippen LogP contribution in [0.1, 0.15) is 12.8 Å². The Bertz CT molecular complexity index is 176. The van der Waals surface area contributed by atoms with Crippen molar-refractivity contribution in [3.63, 3.8) is 0 Å². The van der Waals surface area contributed by atoms with Gasteiger partial charge in [0, 0.05) is 12.8 Å². The lowest BCUT2D eigenvalue weighted by Crippen LogP contribution is -2.17. The van der Waals surface area contributed by atoms with Gasteiger partial charge in [0.15, 0.2) is 6.04 Å². The summed E-state index contributed by atoms with van der Waals surface area (Å²) in [5.74, 6) is 1.34. The summed E-state index contributed by atoms with van der Waals surface area (Å²) in [5, 5.41) is 0. The van der Waals surface area contributed by atoms with Crippen molar-refractivity contribution in [2.75, 3.05) is 18.6 Å². The topological polar surface area (TPSA) is 3.01 Å². The largest absolute Gasteiger partial charge is 0.270 e. The molecule has 0 amide bonds. The fourth-order valence-corrected chi connectivity index (χ4v) is 3.91. The maximum atomic E-state index is 2.58. The predicted octanol–water partition coefficient (Wildman–Crippen LogP) is 1.63. The van der Waals surface area contributed by atoms with Crippen molar-refractivity contribution in [1.29, 1.82) is 0 Å². The standard InChI is InChI=1S/C7H12NS2/c1-9-7-8-4-2-3-6(8)5-10-7/h6H,2-5H2,1H3/q+1/t6-/m0/s1. The first-order chi connectivity index (χ1) is 4.92. The molecule has 10 heavy (non-hydrogen) atoms. The molecule has 0 N–H and O–H groups in total. The van der Waals surface area contributed by atoms with E-state index in [2.05, 4.69) is 10.8 Å². The van der Waals surface area contributed by atoms with E-state index in [1.807, 2.05) is 23.5 Å². The van der Waals surface area contributed by atoms with Gasteiger partial charge in [0.2, 0.25) is 0 Å². The highest BCUT2D eigenvalue weighted by Crippen LogP contribution is 2.30. The van der Waals surface area contributed by atoms with Gasteiger partial charge in [0.05, 0.1) is 5.75 Å². The van der Waals surface area contributed by atoms with Crippen molar-refractivity contribution >= 4 is 27.9 Å². The molecule has 2 rings (SSSR count). The molecule has 1 saturated heterocycles. The van der Waals surface area contributed by atoms with Crippen LogP contribution in [0.4, 0.5) is 0 Å². The lowest BCUT2D eigenvalue weighted by Gasteiger charge is -1.94. The van der Waals surface area contributed by atoms with Crippen LogP contribution in [0.3, 0.4) is 0 Å². The fraction of sp³-hybridized carbons (Fsp3) is 0.857. The maximum Gasteiger partial charge on any atom is 0.270 e. The minimum atomic E-state index is 0.896. The van der Waals surface area contributed by atoms with Gasteiger partial charge in [-0.2, -0.15) is 0 Å². The van der Waals surface area contributed by atoms with Gasteiger partial charge in [-0.1, -0.05) is 11.8 Å². The van der Waals surface area contributed by atoms with Crippen molar-refractivity contribution in [2.45, 2.75) is 18.9 Å². The van der Waals surface area contributed by atoms with E-state index in [1.54, 1.807) is 4.38 Å². The Kier molecular flexibility index (Phi) is 1.96. The Labute approximate surface area is 70.3 Å². The molecule has 56 valence electrons. The molecule has 0 aliphatic carbocycles. The molecule has 0 aromatic rings. The summed E-state index contributed by atoms with van der Waals surface area (Å²) < 4.78 is 4.14. The molecule has 0 saturated carbocycles. The molecular weight excluding hydrogens is 162 g/mol. The number of rotatable bonds is 0. The first-order valence-electron chi connectivity index (χ1n) is 3.72. The molecule has 0 aromatic heterocycles. The molecule has 0 unspecified atom stereocenters. The third kappa shape index (κ3) is 0.996. The quantitative estimate of drug-likeness (QED) is 0.513. The second-order valence-electron chi connectivity index (χ2n) is 2.77. The number of nitrogens with zero attached hydrogens (tertiary/aromatic N) is 1. The SMILES string of the molecule is CSC1=[N+]2CCC[C@H]2CS1. The van der Waals surface area contributed by atoms with Gasteiger partial charge in [-0.15, -0.1) is 0 Å². The fourth-order valence-electron chi connectivity index (χ4n) is 1.68. The normalized spacial score (nSPS) is 31.5. The molecular formula is C7H12NS2+. The van der Waals surface area contributed by atoms with Gasteiger partial charge >= 0.3 is 0 Å². The van der Waals surface area contributed by atoms with Crippen LogP contribution in [0.25, 0.3) is 0 Å². The van der Waals surface area contributed by atoms with Crippen molar-refractivity contribution in [1.82, 2.24) is 0 Å². The van der Waals surface area contributed by atoms with Crippen molar-refractivity contribution in [2.24, 2.45) is 0 Å². The van der Waals surface area contributed by atoms with Crippen LogP contribution in [-0.2, 0) is 0 Å². The first kappa shape index (κ1) is 7.04. The summed E-state index contributed by atoms with van der Waals surface area (Å²) in [4.78, 5) is 0. The summed E-state index contributed by atoms with van der Waals surface area (Å²) in [6.45, 7) is 1.31. The molecule has 1 fully saturated rings. The summed E-state index contributed by atoms with van der Waals surface area (Å²) in [6.07, 6.45) is 5.02. The summed E-state index contributed by atoms with van der Waals surface area (Å²) in [7, 11) is 0. The first-order valence-corrected chi connectivity index (χ1v) is 5.93. The monoisotopic (exact) mass is 174 g/mol. The molecule has 0 bridgehead atoms. The molecule has 2 aliphatic rings. The van der Waals surface area contributed by atoms with Gasteiger partial charge in [-0.3, -0.25) is 0 Å². The second-order valence-corrected chi connectivity index (χ2v) is 4.83. The predicted molar refractivity (Wildman–Crippen MR) is 49.1 cm³/mol. The number of hydrogen-bond donors (Lipinski definition) is 0. The Morgan fingerprint density at radius 1 is 1.70 bits per heavy atom. The van der Waals surface area contributed by atoms with E-state index in [0.717, 1.165) is 6.04 Å². The average molecular weight is 174 g/mol. The zero-order valence-electron chi connectivity index (χ0n) is 6.17. The molecule has 1 atom stereocenters. The highest BCUT2D eigenvalue weighted by atomic mass is 32.2. The van der Waals surface area contributed by atoms with E-state index in [-0.39, 0.29) is 0 Å². The third-order valence-electron chi connectivity index (χ3n) is 2.19. The summed E-state index contributed by atoms with van der Waals surface area (Å²) >= 11 is 3.95. The lowest BCUT2D eigenvalue weighted by molar-refractivity contribution is -0.530. The van der Waals surface area contributed by atoms with Crippen molar-refractivity contribution in [3.05, 3.63) is 0 Å². The van der Waals surface area contributed by atoms with Crippen LogP contribution in [0, 0.1) is 0 Å². The van der Waals surface area contributed by atoms with Crippen LogP contribution >= 0.6 is 23.5 Å². The van der Waals surface area contributed by atoms with Crippen LogP contribution in [-0.4, -0.2) is 33.5 Å². The molecule has 3 heteroatoms. The Morgan fingerprint density at radius 3 is 3.40 bits per heavy atom. The average Bonchev–Trinajstić information content (AvgIpc) is 2.44. The van der Waals surface area contributed by atoms with Crippen molar-refractivity contribution in [3.8, 4) is 0 Å². The van der Waals surface area contributed by atoms with E-state index in [1.165, 1.54) is 25.1 Å². The molecule has 0 aromatic carbocycles. The Hall–Kier alpha value is 0.370. The van der Waals surface area contributed by atoms with Crippen LogP contribution in [0.15, 0.2) is 0 Å². The summed E-state index contributed by atoms with van der Waals surface area (Å²) in [6, 6.07) is 0.896. The van der Waals surface area contributed by atoms with Crippen LogP contribution in [0.2, 0.25) is 0 Å². The van der Waals surface area contributed by atoms with Gasteiger partial charge in [-0.05, 0) is 18.0 Å². The molecule has 2 aliphatic heterocycles. The summed E-state index contributed by atoms with van der Waals surface area (Å²) in [5.41, 5.74) is 0. The van der Waals surface area contributed by atoms with Gasteiger partial charge in [0.25, 0.3) is 4.38 Å². The lowest BCUT2D eigenvalue weighted by atomic mass is 10.3. The van der Waals surface area contributed by atoms with Crippen LogP contribution < -0.4 is 0 Å². The Balaban J connectivity index is 2.22. The number of hydrogen-bond acceptors (Lipinski definition) is 2. The van der Waals surface area contributed by atoms with Crippen LogP contribution in [0.5, 0.6) is 0 Å². The van der Waals surface area contributed by atoms with E-state index in [4.69, 9.17) is 0 Å². The van der Waals surface area contributed by atoms with E-state index in [9.17, 15) is 0 Å². The zero-order valence-corrected chi connectivity index (χ0v) is 7.80. The molecule has 2 heterocycles. The third-order valence-corrected chi connectivity index (χ3v) is 4.66. The minimum absolute atomic E-state index is 0.896. The molecule has 0 spiro atoms. The number of thioether (sulfide) groups is 2. The second kappa shape index (κ2) is 2.78. The highest BCUT2D eigenvalue weighted by molar-refractivity contribution is 8.38. The molecule has 1 nitrogen and oxygen atoms in total. The van der Waals surface area contributed by atoms with E-state index >= 15 is 0 Å². The van der Waals surface area contributed by atoms with Crippen molar-refractivity contribution < 1.29 is 4.58 Å². The Morgan fingerprint density at radius 2 is 2.60 bits per heavy atom. The van der Waals surface area contributed by atoms with E-state index < -0.39 is 0 Å². The smallest absolute Gasteiger partial charge is 0.215 e.